The van der Waals surface area contributed by atoms with Crippen molar-refractivity contribution < 1.29 is 19.7 Å². The first-order valence-corrected chi connectivity index (χ1v) is 11.3. The summed E-state index contributed by atoms with van der Waals surface area (Å²) in [6, 6.07) is 7.51. The number of hydrazine groups is 1. The highest BCUT2D eigenvalue weighted by molar-refractivity contribution is 5.50. The van der Waals surface area contributed by atoms with Crippen LogP contribution in [-0.4, -0.2) is 53.1 Å². The lowest BCUT2D eigenvalue weighted by Crippen LogP contribution is -2.49. The van der Waals surface area contributed by atoms with E-state index >= 15 is 0 Å². The highest BCUT2D eigenvalue weighted by Gasteiger charge is 2.26. The van der Waals surface area contributed by atoms with E-state index in [0.717, 1.165) is 43.4 Å². The number of hydrogen-bond acceptors (Lipinski definition) is 7. The van der Waals surface area contributed by atoms with Gasteiger partial charge in [-0.3, -0.25) is 5.43 Å². The molecule has 3 rings (SSSR count). The van der Waals surface area contributed by atoms with Crippen molar-refractivity contribution in [3.05, 3.63) is 41.6 Å². The number of nitrogens with one attached hydrogen (secondary N) is 1. The first-order valence-electron chi connectivity index (χ1n) is 11.3. The second kappa shape index (κ2) is 11.8. The predicted molar refractivity (Wildman–Crippen MR) is 121 cm³/mol. The Morgan fingerprint density at radius 2 is 2.06 bits per heavy atom. The van der Waals surface area contributed by atoms with Gasteiger partial charge in [0.2, 0.25) is 0 Å². The van der Waals surface area contributed by atoms with Crippen molar-refractivity contribution in [2.75, 3.05) is 26.8 Å². The van der Waals surface area contributed by atoms with Gasteiger partial charge in [-0.2, -0.15) is 0 Å². The van der Waals surface area contributed by atoms with Crippen LogP contribution in [0.25, 0.3) is 0 Å². The molecule has 0 radical (unpaired) electrons. The van der Waals surface area contributed by atoms with Gasteiger partial charge in [0.25, 0.3) is 5.88 Å². The molecule has 0 saturated heterocycles. The summed E-state index contributed by atoms with van der Waals surface area (Å²) >= 11 is 0. The highest BCUT2D eigenvalue weighted by Crippen LogP contribution is 2.36. The van der Waals surface area contributed by atoms with E-state index in [1.165, 1.54) is 19.3 Å². The van der Waals surface area contributed by atoms with Crippen LogP contribution < -0.4 is 14.9 Å². The molecule has 0 spiro atoms. The van der Waals surface area contributed by atoms with Crippen LogP contribution in [0.1, 0.15) is 50.2 Å². The van der Waals surface area contributed by atoms with Gasteiger partial charge in [-0.15, -0.1) is 0 Å². The third-order valence-corrected chi connectivity index (χ3v) is 5.85. The summed E-state index contributed by atoms with van der Waals surface area (Å²) in [7, 11) is 1.61. The van der Waals surface area contributed by atoms with Crippen molar-refractivity contribution >= 4 is 0 Å². The van der Waals surface area contributed by atoms with Gasteiger partial charge in [-0.05, 0) is 49.4 Å². The van der Waals surface area contributed by atoms with Crippen molar-refractivity contribution in [3.8, 4) is 23.1 Å². The van der Waals surface area contributed by atoms with Gasteiger partial charge in [0, 0.05) is 30.9 Å². The number of phenolic OH excluding ortho intramolecular Hbond substituents is 2. The van der Waals surface area contributed by atoms with Gasteiger partial charge in [-0.1, -0.05) is 32.3 Å². The Labute approximate surface area is 185 Å². The molecule has 7 nitrogen and oxygen atoms in total. The van der Waals surface area contributed by atoms with E-state index in [-0.39, 0.29) is 11.5 Å². The Bertz CT molecular complexity index is 830. The Balaban J connectivity index is 1.58. The first-order chi connectivity index (χ1) is 15.1. The highest BCUT2D eigenvalue weighted by atomic mass is 16.5. The molecule has 1 aromatic carbocycles. The van der Waals surface area contributed by atoms with Crippen molar-refractivity contribution in [1.82, 2.24) is 15.4 Å². The quantitative estimate of drug-likeness (QED) is 0.269. The normalized spacial score (nSPS) is 15.6. The summed E-state index contributed by atoms with van der Waals surface area (Å²) in [5, 5.41) is 22.3. The lowest BCUT2D eigenvalue weighted by atomic mass is 9.87. The molecular weight excluding hydrogens is 394 g/mol. The molecular formula is C24H35N3O4. The Morgan fingerprint density at radius 1 is 1.19 bits per heavy atom. The molecule has 0 fully saturated rings. The fourth-order valence-corrected chi connectivity index (χ4v) is 4.15. The number of ether oxygens (including phenoxy) is 2. The van der Waals surface area contributed by atoms with Gasteiger partial charge < -0.3 is 19.7 Å². The number of aromatic nitrogens is 1. The average molecular weight is 430 g/mol. The molecule has 0 amide bonds. The summed E-state index contributed by atoms with van der Waals surface area (Å²) in [6.45, 7) is 4.34. The van der Waals surface area contributed by atoms with Crippen molar-refractivity contribution in [2.45, 2.75) is 57.9 Å². The monoisotopic (exact) mass is 429 g/mol. The molecule has 3 N–H and O–H groups in total. The zero-order valence-corrected chi connectivity index (χ0v) is 18.6. The van der Waals surface area contributed by atoms with Gasteiger partial charge in [-0.25, -0.2) is 9.99 Å². The lowest BCUT2D eigenvalue weighted by molar-refractivity contribution is 0.0991. The molecule has 1 unspecified atom stereocenters. The fourth-order valence-electron chi connectivity index (χ4n) is 4.15. The lowest BCUT2D eigenvalue weighted by Gasteiger charge is -2.36. The van der Waals surface area contributed by atoms with E-state index < -0.39 is 0 Å². The van der Waals surface area contributed by atoms with E-state index in [9.17, 15) is 10.2 Å². The molecule has 1 atom stereocenters. The number of benzene rings is 1. The van der Waals surface area contributed by atoms with E-state index in [2.05, 4.69) is 22.3 Å². The van der Waals surface area contributed by atoms with Crippen LogP contribution in [0.5, 0.6) is 23.1 Å². The standard InChI is InChI=1S/C24H35N3O4/c1-3-4-5-6-15-27(26-14-16-31-24-22(30-2)8-7-13-25-24)19-10-11-20-18(17-19)9-12-21(28)23(20)29/h7-9,12-13,19,26,28-29H,3-6,10-11,14-17H2,1-2H3. The van der Waals surface area contributed by atoms with Gasteiger partial charge in [0.05, 0.1) is 7.11 Å². The van der Waals surface area contributed by atoms with Crippen molar-refractivity contribution in [2.24, 2.45) is 0 Å². The van der Waals surface area contributed by atoms with Crippen molar-refractivity contribution in [1.29, 1.82) is 0 Å². The maximum absolute atomic E-state index is 10.2. The van der Waals surface area contributed by atoms with Gasteiger partial charge in [0.15, 0.2) is 17.2 Å². The maximum atomic E-state index is 10.2. The van der Waals surface area contributed by atoms with Crippen LogP contribution >= 0.6 is 0 Å². The summed E-state index contributed by atoms with van der Waals surface area (Å²) in [5.74, 6) is 1.14. The van der Waals surface area contributed by atoms with Crippen LogP contribution in [0.3, 0.4) is 0 Å². The number of aromatic hydroxyl groups is 2. The summed E-state index contributed by atoms with van der Waals surface area (Å²) in [6.07, 6.45) is 9.05. The zero-order chi connectivity index (χ0) is 22.1. The summed E-state index contributed by atoms with van der Waals surface area (Å²) in [5.41, 5.74) is 5.55. The third-order valence-electron chi connectivity index (χ3n) is 5.85. The smallest absolute Gasteiger partial charge is 0.257 e. The predicted octanol–water partition coefficient (Wildman–Crippen LogP) is 3.82. The number of fused-ring (bicyclic) bond motifs is 1. The Morgan fingerprint density at radius 3 is 2.87 bits per heavy atom. The molecule has 1 heterocycles. The SMILES string of the molecule is CCCCCCN(NCCOc1ncccc1OC)C1CCc2c(ccc(O)c2O)C1. The fraction of sp³-hybridized carbons (Fsp3) is 0.542. The number of nitrogens with zero attached hydrogens (tertiary/aromatic N) is 2. The Hall–Kier alpha value is -2.51. The molecule has 0 bridgehead atoms. The average Bonchev–Trinajstić information content (AvgIpc) is 2.80. The van der Waals surface area contributed by atoms with Crippen LogP contribution in [0.4, 0.5) is 0 Å². The molecule has 2 aromatic rings. The van der Waals surface area contributed by atoms with E-state index in [0.29, 0.717) is 30.8 Å². The van der Waals surface area contributed by atoms with E-state index in [1.54, 1.807) is 19.4 Å². The molecule has 1 aliphatic rings. The topological polar surface area (TPSA) is 87.1 Å². The second-order valence-electron chi connectivity index (χ2n) is 7.99. The van der Waals surface area contributed by atoms with Crippen LogP contribution in [-0.2, 0) is 12.8 Å². The molecule has 7 heteroatoms. The molecule has 1 aliphatic carbocycles. The largest absolute Gasteiger partial charge is 0.504 e. The maximum Gasteiger partial charge on any atom is 0.257 e. The number of rotatable bonds is 12. The molecule has 31 heavy (non-hydrogen) atoms. The van der Waals surface area contributed by atoms with E-state index in [4.69, 9.17) is 9.47 Å². The number of phenols is 2. The van der Waals surface area contributed by atoms with E-state index in [1.807, 2.05) is 18.2 Å². The number of pyridine rings is 1. The Kier molecular flexibility index (Phi) is 8.79. The number of methoxy groups -OCH3 is 1. The van der Waals surface area contributed by atoms with Gasteiger partial charge >= 0.3 is 0 Å². The second-order valence-corrected chi connectivity index (χ2v) is 7.99. The molecule has 1 aromatic heterocycles. The zero-order valence-electron chi connectivity index (χ0n) is 18.6. The molecule has 0 aliphatic heterocycles. The molecule has 170 valence electrons. The number of unbranched alkanes of at least 4 members (excludes halogenated alkanes) is 3. The minimum absolute atomic E-state index is 0.0335. The minimum Gasteiger partial charge on any atom is -0.504 e. The van der Waals surface area contributed by atoms with Crippen LogP contribution in [0.15, 0.2) is 30.5 Å². The first kappa shape index (κ1) is 23.2. The van der Waals surface area contributed by atoms with Crippen LogP contribution in [0.2, 0.25) is 0 Å². The summed E-state index contributed by atoms with van der Waals surface area (Å²) in [4.78, 5) is 4.23. The van der Waals surface area contributed by atoms with Gasteiger partial charge in [0.1, 0.15) is 6.61 Å². The van der Waals surface area contributed by atoms with Crippen molar-refractivity contribution in [3.63, 3.8) is 0 Å². The molecule has 0 saturated carbocycles. The summed E-state index contributed by atoms with van der Waals surface area (Å²) < 4.78 is 11.1. The third kappa shape index (κ3) is 6.24. The minimum atomic E-state index is -0.0335. The number of hydrogen-bond donors (Lipinski definition) is 3. The van der Waals surface area contributed by atoms with Crippen LogP contribution in [0, 0.1) is 0 Å².